The van der Waals surface area contributed by atoms with E-state index in [9.17, 15) is 0 Å². The van der Waals surface area contributed by atoms with Gasteiger partial charge in [-0.25, -0.2) is 0 Å². The number of fused-ring (bicyclic) bond motifs is 1. The van der Waals surface area contributed by atoms with Gasteiger partial charge in [0.15, 0.2) is 0 Å². The number of nitrogens with zero attached hydrogens (tertiary/aromatic N) is 1. The van der Waals surface area contributed by atoms with Crippen LogP contribution in [0.25, 0.3) is 0 Å². The zero-order valence-corrected chi connectivity index (χ0v) is 11.2. The quantitative estimate of drug-likeness (QED) is 0.805. The fourth-order valence-corrected chi connectivity index (χ4v) is 3.57. The lowest BCUT2D eigenvalue weighted by molar-refractivity contribution is 0.356. The van der Waals surface area contributed by atoms with Gasteiger partial charge in [-0.15, -0.1) is 0 Å². The molecule has 0 amide bonds. The lowest BCUT2D eigenvalue weighted by Crippen LogP contribution is -2.34. The molecule has 0 radical (unpaired) electrons. The van der Waals surface area contributed by atoms with Crippen LogP contribution in [0.1, 0.15) is 44.1 Å². The highest BCUT2D eigenvalue weighted by molar-refractivity contribution is 5.61. The van der Waals surface area contributed by atoms with Gasteiger partial charge in [0.1, 0.15) is 0 Å². The molecular weight excluding hydrogens is 220 g/mol. The molecule has 1 aromatic carbocycles. The second kappa shape index (κ2) is 5.21. The molecule has 1 fully saturated rings. The Morgan fingerprint density at radius 3 is 2.78 bits per heavy atom. The standard InChI is InChI=1S/C16H24N2/c17-15-8-9-16-14(11-15)7-4-10-18(16)12-13-5-2-1-3-6-13/h8-9,11,13H,1-7,10,12,17H2. The number of anilines is 2. The summed E-state index contributed by atoms with van der Waals surface area (Å²) in [5, 5.41) is 0. The molecule has 0 saturated heterocycles. The van der Waals surface area contributed by atoms with E-state index < -0.39 is 0 Å². The molecule has 0 atom stereocenters. The molecule has 98 valence electrons. The van der Waals surface area contributed by atoms with E-state index in [1.54, 1.807) is 0 Å². The number of nitrogens with two attached hydrogens (primary N) is 1. The third-order valence-electron chi connectivity index (χ3n) is 4.52. The van der Waals surface area contributed by atoms with Crippen molar-refractivity contribution in [1.29, 1.82) is 0 Å². The topological polar surface area (TPSA) is 29.3 Å². The maximum absolute atomic E-state index is 5.89. The first kappa shape index (κ1) is 11.9. The maximum atomic E-state index is 5.89. The van der Waals surface area contributed by atoms with E-state index in [0.717, 1.165) is 11.6 Å². The van der Waals surface area contributed by atoms with Gasteiger partial charge in [-0.3, -0.25) is 0 Å². The van der Waals surface area contributed by atoms with Crippen molar-refractivity contribution in [3.05, 3.63) is 23.8 Å². The molecule has 0 spiro atoms. The van der Waals surface area contributed by atoms with Crippen molar-refractivity contribution in [2.75, 3.05) is 23.7 Å². The van der Waals surface area contributed by atoms with Gasteiger partial charge in [-0.1, -0.05) is 19.3 Å². The molecule has 2 aliphatic rings. The fraction of sp³-hybridized carbons (Fsp3) is 0.625. The van der Waals surface area contributed by atoms with Crippen LogP contribution in [0.15, 0.2) is 18.2 Å². The largest absolute Gasteiger partial charge is 0.399 e. The summed E-state index contributed by atoms with van der Waals surface area (Å²) in [6.07, 6.45) is 9.66. The first-order chi connectivity index (χ1) is 8.83. The van der Waals surface area contributed by atoms with Crippen molar-refractivity contribution in [2.45, 2.75) is 44.9 Å². The van der Waals surface area contributed by atoms with Gasteiger partial charge in [0.2, 0.25) is 0 Å². The number of aryl methyl sites for hydroxylation is 1. The summed E-state index contributed by atoms with van der Waals surface area (Å²) in [6.45, 7) is 2.49. The number of hydrogen-bond donors (Lipinski definition) is 1. The van der Waals surface area contributed by atoms with Crippen LogP contribution in [0.2, 0.25) is 0 Å². The van der Waals surface area contributed by atoms with Gasteiger partial charge >= 0.3 is 0 Å². The summed E-state index contributed by atoms with van der Waals surface area (Å²) < 4.78 is 0. The van der Waals surface area contributed by atoms with Crippen molar-refractivity contribution in [1.82, 2.24) is 0 Å². The van der Waals surface area contributed by atoms with E-state index >= 15 is 0 Å². The molecule has 0 aromatic heterocycles. The number of hydrogen-bond acceptors (Lipinski definition) is 2. The highest BCUT2D eigenvalue weighted by Crippen LogP contribution is 2.32. The SMILES string of the molecule is Nc1ccc2c(c1)CCCN2CC1CCCCC1. The maximum Gasteiger partial charge on any atom is 0.0400 e. The molecule has 1 aromatic rings. The summed E-state index contributed by atoms with van der Waals surface area (Å²) in [4.78, 5) is 2.61. The zero-order valence-electron chi connectivity index (χ0n) is 11.2. The van der Waals surface area contributed by atoms with Crippen LogP contribution in [-0.2, 0) is 6.42 Å². The molecular formula is C16H24N2. The number of nitrogen functional groups attached to an aromatic ring is 1. The molecule has 2 N–H and O–H groups in total. The van der Waals surface area contributed by atoms with Crippen LogP contribution in [0, 0.1) is 5.92 Å². The molecule has 0 bridgehead atoms. The molecule has 18 heavy (non-hydrogen) atoms. The Labute approximate surface area is 110 Å². The molecule has 3 rings (SSSR count). The molecule has 0 unspecified atom stereocenters. The summed E-state index contributed by atoms with van der Waals surface area (Å²) >= 11 is 0. The summed E-state index contributed by atoms with van der Waals surface area (Å²) in [5.74, 6) is 0.919. The highest BCUT2D eigenvalue weighted by atomic mass is 15.1. The number of rotatable bonds is 2. The minimum absolute atomic E-state index is 0.910. The van der Waals surface area contributed by atoms with Crippen molar-refractivity contribution in [3.63, 3.8) is 0 Å². The third-order valence-corrected chi connectivity index (χ3v) is 4.52. The van der Waals surface area contributed by atoms with Gasteiger partial charge in [0, 0.05) is 24.5 Å². The summed E-state index contributed by atoms with van der Waals surface area (Å²) in [5.41, 5.74) is 9.70. The van der Waals surface area contributed by atoms with Gasteiger partial charge in [-0.2, -0.15) is 0 Å². The minimum atomic E-state index is 0.910. The Morgan fingerprint density at radius 2 is 1.94 bits per heavy atom. The Bertz CT molecular complexity index is 408. The summed E-state index contributed by atoms with van der Waals surface area (Å²) in [6, 6.07) is 6.45. The van der Waals surface area contributed by atoms with Crippen LogP contribution in [0.3, 0.4) is 0 Å². The highest BCUT2D eigenvalue weighted by Gasteiger charge is 2.21. The van der Waals surface area contributed by atoms with E-state index in [-0.39, 0.29) is 0 Å². The zero-order chi connectivity index (χ0) is 12.4. The van der Waals surface area contributed by atoms with Crippen molar-refractivity contribution < 1.29 is 0 Å². The molecule has 2 nitrogen and oxygen atoms in total. The van der Waals surface area contributed by atoms with Gasteiger partial charge in [0.05, 0.1) is 0 Å². The molecule has 1 aliphatic carbocycles. The van der Waals surface area contributed by atoms with Crippen molar-refractivity contribution in [2.24, 2.45) is 5.92 Å². The first-order valence-corrected chi connectivity index (χ1v) is 7.46. The van der Waals surface area contributed by atoms with E-state index in [0.29, 0.717) is 0 Å². The van der Waals surface area contributed by atoms with E-state index in [1.165, 1.54) is 69.3 Å². The van der Waals surface area contributed by atoms with E-state index in [4.69, 9.17) is 5.73 Å². The van der Waals surface area contributed by atoms with E-state index in [1.807, 2.05) is 0 Å². The Balaban J connectivity index is 1.74. The molecule has 1 heterocycles. The third kappa shape index (κ3) is 2.47. The average Bonchev–Trinajstić information content (AvgIpc) is 2.40. The van der Waals surface area contributed by atoms with E-state index in [2.05, 4.69) is 23.1 Å². The number of benzene rings is 1. The molecule has 1 saturated carbocycles. The molecule has 2 heteroatoms. The van der Waals surface area contributed by atoms with Crippen LogP contribution in [0.5, 0.6) is 0 Å². The Kier molecular flexibility index (Phi) is 3.44. The van der Waals surface area contributed by atoms with Crippen LogP contribution in [0.4, 0.5) is 11.4 Å². The second-order valence-electron chi connectivity index (χ2n) is 5.94. The predicted octanol–water partition coefficient (Wildman–Crippen LogP) is 3.60. The van der Waals surface area contributed by atoms with Crippen LogP contribution < -0.4 is 10.6 Å². The molecule has 1 aliphatic heterocycles. The fourth-order valence-electron chi connectivity index (χ4n) is 3.57. The Hall–Kier alpha value is -1.18. The van der Waals surface area contributed by atoms with Gasteiger partial charge in [-0.05, 0) is 55.4 Å². The lowest BCUT2D eigenvalue weighted by atomic mass is 9.88. The van der Waals surface area contributed by atoms with Crippen LogP contribution >= 0.6 is 0 Å². The normalized spacial score (nSPS) is 20.8. The average molecular weight is 244 g/mol. The lowest BCUT2D eigenvalue weighted by Gasteiger charge is -2.35. The monoisotopic (exact) mass is 244 g/mol. The van der Waals surface area contributed by atoms with Crippen molar-refractivity contribution >= 4 is 11.4 Å². The van der Waals surface area contributed by atoms with Gasteiger partial charge < -0.3 is 10.6 Å². The second-order valence-corrected chi connectivity index (χ2v) is 5.94. The smallest absolute Gasteiger partial charge is 0.0400 e. The predicted molar refractivity (Wildman–Crippen MR) is 78.0 cm³/mol. The van der Waals surface area contributed by atoms with Gasteiger partial charge in [0.25, 0.3) is 0 Å². The van der Waals surface area contributed by atoms with Crippen molar-refractivity contribution in [3.8, 4) is 0 Å². The summed E-state index contributed by atoms with van der Waals surface area (Å²) in [7, 11) is 0. The first-order valence-electron chi connectivity index (χ1n) is 7.46. The van der Waals surface area contributed by atoms with Crippen LogP contribution in [-0.4, -0.2) is 13.1 Å². The Morgan fingerprint density at radius 1 is 1.11 bits per heavy atom. The minimum Gasteiger partial charge on any atom is -0.399 e.